The molecule has 1 atom stereocenters. The maximum atomic E-state index is 11.7. The lowest BCUT2D eigenvalue weighted by Crippen LogP contribution is -2.31. The molecule has 94 valence electrons. The average molecular weight is 255 g/mol. The number of hydrogen-bond donors (Lipinski definition) is 1. The minimum atomic E-state index is -0.162. The lowest BCUT2D eigenvalue weighted by molar-refractivity contribution is -0.120. The van der Waals surface area contributed by atoms with E-state index in [9.17, 15) is 4.79 Å². The molecule has 1 fully saturated rings. The number of rotatable bonds is 6. The molecule has 7 heteroatoms. The molecule has 1 amide bonds. The molecule has 1 aliphatic carbocycles. The van der Waals surface area contributed by atoms with Crippen molar-refractivity contribution in [1.29, 1.82) is 0 Å². The van der Waals surface area contributed by atoms with Crippen molar-refractivity contribution in [3.8, 4) is 0 Å². The van der Waals surface area contributed by atoms with Crippen LogP contribution in [-0.2, 0) is 4.79 Å². The topological polar surface area (TPSA) is 72.7 Å². The van der Waals surface area contributed by atoms with Crippen LogP contribution in [0.1, 0.15) is 39.2 Å². The molecule has 1 saturated carbocycles. The SMILES string of the molecule is CCCNC(=O)C(C)Sc1nnnn1C1CC1. The van der Waals surface area contributed by atoms with Crippen molar-refractivity contribution < 1.29 is 4.79 Å². The summed E-state index contributed by atoms with van der Waals surface area (Å²) in [5.41, 5.74) is 0. The first kappa shape index (κ1) is 12.3. The minimum absolute atomic E-state index is 0.0437. The molecule has 0 aromatic carbocycles. The third kappa shape index (κ3) is 3.18. The number of amides is 1. The van der Waals surface area contributed by atoms with Gasteiger partial charge in [-0.1, -0.05) is 18.7 Å². The summed E-state index contributed by atoms with van der Waals surface area (Å²) in [6.45, 7) is 4.63. The van der Waals surface area contributed by atoms with Crippen molar-refractivity contribution in [3.05, 3.63) is 0 Å². The van der Waals surface area contributed by atoms with E-state index in [-0.39, 0.29) is 11.2 Å². The van der Waals surface area contributed by atoms with Crippen molar-refractivity contribution in [3.63, 3.8) is 0 Å². The second-order valence-electron chi connectivity index (χ2n) is 4.19. The normalized spacial score (nSPS) is 16.8. The van der Waals surface area contributed by atoms with Crippen LogP contribution in [0.15, 0.2) is 5.16 Å². The largest absolute Gasteiger partial charge is 0.355 e. The molecule has 1 aliphatic rings. The Kier molecular flexibility index (Phi) is 3.98. The Morgan fingerprint density at radius 3 is 3.06 bits per heavy atom. The zero-order valence-corrected chi connectivity index (χ0v) is 10.9. The first-order valence-corrected chi connectivity index (χ1v) is 6.82. The maximum absolute atomic E-state index is 11.7. The zero-order valence-electron chi connectivity index (χ0n) is 10.1. The summed E-state index contributed by atoms with van der Waals surface area (Å²) >= 11 is 1.42. The minimum Gasteiger partial charge on any atom is -0.355 e. The number of nitrogens with zero attached hydrogens (tertiary/aromatic N) is 4. The van der Waals surface area contributed by atoms with E-state index in [1.165, 1.54) is 11.8 Å². The Balaban J connectivity index is 1.90. The monoisotopic (exact) mass is 255 g/mol. The van der Waals surface area contributed by atoms with E-state index in [0.717, 1.165) is 31.0 Å². The van der Waals surface area contributed by atoms with Crippen LogP contribution in [0.4, 0.5) is 0 Å². The van der Waals surface area contributed by atoms with Crippen LogP contribution < -0.4 is 5.32 Å². The van der Waals surface area contributed by atoms with Gasteiger partial charge in [0.05, 0.1) is 11.3 Å². The van der Waals surface area contributed by atoms with E-state index in [1.807, 2.05) is 18.5 Å². The van der Waals surface area contributed by atoms with Gasteiger partial charge in [-0.3, -0.25) is 4.79 Å². The van der Waals surface area contributed by atoms with Gasteiger partial charge in [0.2, 0.25) is 11.1 Å². The summed E-state index contributed by atoms with van der Waals surface area (Å²) in [4.78, 5) is 11.7. The molecule has 1 aromatic heterocycles. The second-order valence-corrected chi connectivity index (χ2v) is 5.50. The summed E-state index contributed by atoms with van der Waals surface area (Å²) in [6, 6.07) is 0.443. The van der Waals surface area contributed by atoms with Gasteiger partial charge >= 0.3 is 0 Å². The van der Waals surface area contributed by atoms with Gasteiger partial charge in [0, 0.05) is 6.54 Å². The number of thioether (sulfide) groups is 1. The van der Waals surface area contributed by atoms with Crippen LogP contribution in [0.25, 0.3) is 0 Å². The summed E-state index contributed by atoms with van der Waals surface area (Å²) < 4.78 is 1.83. The highest BCUT2D eigenvalue weighted by molar-refractivity contribution is 8.00. The highest BCUT2D eigenvalue weighted by Crippen LogP contribution is 2.37. The van der Waals surface area contributed by atoms with Crippen molar-refractivity contribution in [1.82, 2.24) is 25.5 Å². The maximum Gasteiger partial charge on any atom is 0.233 e. The van der Waals surface area contributed by atoms with Crippen LogP contribution in [0.5, 0.6) is 0 Å². The molecule has 1 heterocycles. The van der Waals surface area contributed by atoms with Crippen molar-refractivity contribution >= 4 is 17.7 Å². The number of nitrogens with one attached hydrogen (secondary N) is 1. The van der Waals surface area contributed by atoms with Crippen LogP contribution in [-0.4, -0.2) is 37.9 Å². The molecule has 0 saturated heterocycles. The molecule has 1 N–H and O–H groups in total. The van der Waals surface area contributed by atoms with Crippen molar-refractivity contribution in [2.45, 2.75) is 49.6 Å². The predicted octanol–water partition coefficient (Wildman–Crippen LogP) is 1.01. The number of aromatic nitrogens is 4. The Hall–Kier alpha value is -1.11. The van der Waals surface area contributed by atoms with Crippen LogP contribution in [0.3, 0.4) is 0 Å². The van der Waals surface area contributed by atoms with E-state index in [4.69, 9.17) is 0 Å². The fourth-order valence-electron chi connectivity index (χ4n) is 1.41. The molecule has 0 spiro atoms. The van der Waals surface area contributed by atoms with Crippen molar-refractivity contribution in [2.75, 3.05) is 6.54 Å². The highest BCUT2D eigenvalue weighted by atomic mass is 32.2. The number of carbonyl (C=O) groups excluding carboxylic acids is 1. The van der Waals surface area contributed by atoms with Gasteiger partial charge in [-0.15, -0.1) is 5.10 Å². The van der Waals surface area contributed by atoms with Gasteiger partial charge < -0.3 is 5.32 Å². The standard InChI is InChI=1S/C10H17N5OS/c1-3-6-11-9(16)7(2)17-10-12-13-14-15(10)8-4-5-8/h7-8H,3-6H2,1-2H3,(H,11,16). The molecule has 1 aromatic rings. The summed E-state index contributed by atoms with van der Waals surface area (Å²) in [5.74, 6) is 0.0437. The van der Waals surface area contributed by atoms with Crippen LogP contribution >= 0.6 is 11.8 Å². The fraction of sp³-hybridized carbons (Fsp3) is 0.800. The molecular weight excluding hydrogens is 238 g/mol. The Labute approximate surface area is 105 Å². The van der Waals surface area contributed by atoms with Crippen LogP contribution in [0.2, 0.25) is 0 Å². The molecule has 17 heavy (non-hydrogen) atoms. The van der Waals surface area contributed by atoms with Gasteiger partial charge in [-0.05, 0) is 36.6 Å². The number of tetrazole rings is 1. The van der Waals surface area contributed by atoms with Gasteiger partial charge in [-0.2, -0.15) is 0 Å². The van der Waals surface area contributed by atoms with Gasteiger partial charge in [0.15, 0.2) is 0 Å². The van der Waals surface area contributed by atoms with E-state index >= 15 is 0 Å². The van der Waals surface area contributed by atoms with Gasteiger partial charge in [-0.25, -0.2) is 4.68 Å². The molecule has 1 unspecified atom stereocenters. The van der Waals surface area contributed by atoms with E-state index in [2.05, 4.69) is 20.8 Å². The van der Waals surface area contributed by atoms with E-state index in [0.29, 0.717) is 6.04 Å². The first-order chi connectivity index (χ1) is 8.22. The summed E-state index contributed by atoms with van der Waals surface area (Å²) in [6.07, 6.45) is 3.22. The first-order valence-electron chi connectivity index (χ1n) is 5.94. The smallest absolute Gasteiger partial charge is 0.233 e. The lowest BCUT2D eigenvalue weighted by Gasteiger charge is -2.10. The lowest BCUT2D eigenvalue weighted by atomic mass is 10.4. The van der Waals surface area contributed by atoms with Crippen molar-refractivity contribution in [2.24, 2.45) is 0 Å². The Bertz CT molecular complexity index is 390. The number of carbonyl (C=O) groups is 1. The highest BCUT2D eigenvalue weighted by Gasteiger charge is 2.29. The molecule has 0 aliphatic heterocycles. The predicted molar refractivity (Wildman–Crippen MR) is 64.7 cm³/mol. The molecule has 6 nitrogen and oxygen atoms in total. The summed E-state index contributed by atoms with van der Waals surface area (Å²) in [5, 5.41) is 15.0. The van der Waals surface area contributed by atoms with Gasteiger partial charge in [0.25, 0.3) is 0 Å². The molecule has 0 bridgehead atoms. The molecule has 2 rings (SSSR count). The Morgan fingerprint density at radius 1 is 1.65 bits per heavy atom. The zero-order chi connectivity index (χ0) is 12.3. The van der Waals surface area contributed by atoms with E-state index in [1.54, 1.807) is 0 Å². The quantitative estimate of drug-likeness (QED) is 0.768. The third-order valence-electron chi connectivity index (χ3n) is 2.56. The number of hydrogen-bond acceptors (Lipinski definition) is 5. The van der Waals surface area contributed by atoms with Crippen LogP contribution in [0, 0.1) is 0 Å². The fourth-order valence-corrected chi connectivity index (χ4v) is 2.30. The second kappa shape index (κ2) is 5.48. The molecule has 0 radical (unpaired) electrons. The van der Waals surface area contributed by atoms with Gasteiger partial charge in [0.1, 0.15) is 0 Å². The third-order valence-corrected chi connectivity index (χ3v) is 3.60. The van der Waals surface area contributed by atoms with E-state index < -0.39 is 0 Å². The molecular formula is C10H17N5OS. The Morgan fingerprint density at radius 2 is 2.41 bits per heavy atom. The average Bonchev–Trinajstić information content (AvgIpc) is 3.07. The summed E-state index contributed by atoms with van der Waals surface area (Å²) in [7, 11) is 0.